The van der Waals surface area contributed by atoms with Gasteiger partial charge in [0.05, 0.1) is 6.61 Å². The fourth-order valence-corrected chi connectivity index (χ4v) is 3.03. The first-order valence-corrected chi connectivity index (χ1v) is 8.74. The molecular formula is C21H22ClNO2. The van der Waals surface area contributed by atoms with E-state index in [2.05, 4.69) is 35.6 Å². The summed E-state index contributed by atoms with van der Waals surface area (Å²) in [5.41, 5.74) is 2.24. The van der Waals surface area contributed by atoms with Crippen LogP contribution in [0.4, 0.5) is 0 Å². The first-order valence-electron chi connectivity index (χ1n) is 8.36. The fraction of sp³-hybridized carbons (Fsp3) is 0.238. The fourth-order valence-electron chi connectivity index (χ4n) is 2.83. The molecule has 0 aliphatic rings. The van der Waals surface area contributed by atoms with Crippen LogP contribution in [0, 0.1) is 0 Å². The molecule has 3 rings (SSSR count). The van der Waals surface area contributed by atoms with Crippen molar-refractivity contribution < 1.29 is 9.47 Å². The number of fused-ring (bicyclic) bond motifs is 1. The van der Waals surface area contributed by atoms with Gasteiger partial charge in [-0.05, 0) is 28.5 Å². The summed E-state index contributed by atoms with van der Waals surface area (Å²) < 4.78 is 11.0. The molecule has 0 atom stereocenters. The van der Waals surface area contributed by atoms with Crippen LogP contribution >= 0.6 is 11.6 Å². The summed E-state index contributed by atoms with van der Waals surface area (Å²) in [4.78, 5) is 0. The minimum Gasteiger partial charge on any atom is -0.491 e. The van der Waals surface area contributed by atoms with Gasteiger partial charge in [0.1, 0.15) is 12.4 Å². The molecule has 0 aliphatic carbocycles. The second-order valence-corrected chi connectivity index (χ2v) is 6.21. The molecule has 0 spiro atoms. The molecule has 0 bridgehead atoms. The molecule has 0 unspecified atom stereocenters. The first kappa shape index (κ1) is 17.7. The summed E-state index contributed by atoms with van der Waals surface area (Å²) in [6, 6.07) is 20.4. The Morgan fingerprint density at radius 3 is 2.52 bits per heavy atom. The van der Waals surface area contributed by atoms with Gasteiger partial charge < -0.3 is 14.8 Å². The number of benzene rings is 3. The van der Waals surface area contributed by atoms with Gasteiger partial charge in [0.25, 0.3) is 0 Å². The molecule has 0 radical (unpaired) electrons. The van der Waals surface area contributed by atoms with E-state index < -0.39 is 0 Å². The molecule has 25 heavy (non-hydrogen) atoms. The van der Waals surface area contributed by atoms with E-state index in [9.17, 15) is 0 Å². The standard InChI is InChI=1S/C21H22ClNO2/c1-24-12-13-25-21-11-10-16-6-2-4-8-18(16)19(21)15-23-14-17-7-3-5-9-20(17)22/h2-11,23H,12-15H2,1H3. The predicted molar refractivity (Wildman–Crippen MR) is 103 cm³/mol. The summed E-state index contributed by atoms with van der Waals surface area (Å²) in [6.45, 7) is 2.51. The van der Waals surface area contributed by atoms with Crippen LogP contribution in [0.3, 0.4) is 0 Å². The van der Waals surface area contributed by atoms with Gasteiger partial charge in [0, 0.05) is 30.8 Å². The van der Waals surface area contributed by atoms with Gasteiger partial charge in [-0.3, -0.25) is 0 Å². The van der Waals surface area contributed by atoms with Crippen LogP contribution in [0.15, 0.2) is 60.7 Å². The highest BCUT2D eigenvalue weighted by atomic mass is 35.5. The average Bonchev–Trinajstić information content (AvgIpc) is 2.64. The third-order valence-corrected chi connectivity index (χ3v) is 4.49. The van der Waals surface area contributed by atoms with Crippen LogP contribution in [0.5, 0.6) is 5.75 Å². The Kier molecular flexibility index (Phi) is 6.29. The number of ether oxygens (including phenoxy) is 2. The van der Waals surface area contributed by atoms with Crippen molar-refractivity contribution in [3.63, 3.8) is 0 Å². The Morgan fingerprint density at radius 1 is 0.880 bits per heavy atom. The third kappa shape index (κ3) is 4.51. The lowest BCUT2D eigenvalue weighted by molar-refractivity contribution is 0.146. The largest absolute Gasteiger partial charge is 0.491 e. The Balaban J connectivity index is 1.79. The maximum atomic E-state index is 6.24. The number of rotatable bonds is 8. The predicted octanol–water partition coefficient (Wildman–Crippen LogP) is 4.81. The molecule has 0 aromatic heterocycles. The van der Waals surface area contributed by atoms with E-state index in [4.69, 9.17) is 21.1 Å². The monoisotopic (exact) mass is 355 g/mol. The second kappa shape index (κ2) is 8.86. The van der Waals surface area contributed by atoms with Crippen molar-refractivity contribution in [2.75, 3.05) is 20.3 Å². The summed E-state index contributed by atoms with van der Waals surface area (Å²) in [5, 5.41) is 6.67. The number of methoxy groups -OCH3 is 1. The normalized spacial score (nSPS) is 11.0. The number of nitrogens with one attached hydrogen (secondary N) is 1. The molecule has 0 saturated carbocycles. The lowest BCUT2D eigenvalue weighted by atomic mass is 10.0. The van der Waals surface area contributed by atoms with Crippen molar-refractivity contribution in [3.05, 3.63) is 76.8 Å². The van der Waals surface area contributed by atoms with Crippen molar-refractivity contribution in [1.29, 1.82) is 0 Å². The Bertz CT molecular complexity index is 835. The Labute approximate surface area is 153 Å². The summed E-state index contributed by atoms with van der Waals surface area (Å²) in [7, 11) is 1.68. The van der Waals surface area contributed by atoms with Gasteiger partial charge in [-0.15, -0.1) is 0 Å². The zero-order valence-electron chi connectivity index (χ0n) is 14.3. The molecule has 4 heteroatoms. The van der Waals surface area contributed by atoms with Crippen LogP contribution in [0.2, 0.25) is 5.02 Å². The van der Waals surface area contributed by atoms with E-state index in [-0.39, 0.29) is 0 Å². The van der Waals surface area contributed by atoms with E-state index in [0.717, 1.165) is 21.9 Å². The minimum absolute atomic E-state index is 0.534. The summed E-state index contributed by atoms with van der Waals surface area (Å²) in [6.07, 6.45) is 0. The van der Waals surface area contributed by atoms with Crippen molar-refractivity contribution in [2.24, 2.45) is 0 Å². The van der Waals surface area contributed by atoms with Gasteiger partial charge in [0.15, 0.2) is 0 Å². The molecule has 0 amide bonds. The molecule has 0 fully saturated rings. The quantitative estimate of drug-likeness (QED) is 0.588. The highest BCUT2D eigenvalue weighted by Gasteiger charge is 2.09. The number of hydrogen-bond donors (Lipinski definition) is 1. The first-order chi connectivity index (χ1) is 12.3. The Morgan fingerprint density at radius 2 is 1.68 bits per heavy atom. The Hall–Kier alpha value is -2.07. The van der Waals surface area contributed by atoms with Gasteiger partial charge in [-0.25, -0.2) is 0 Å². The van der Waals surface area contributed by atoms with E-state index in [1.54, 1.807) is 7.11 Å². The van der Waals surface area contributed by atoms with Crippen LogP contribution in [0.25, 0.3) is 10.8 Å². The lowest BCUT2D eigenvalue weighted by Gasteiger charge is -2.15. The smallest absolute Gasteiger partial charge is 0.124 e. The van der Waals surface area contributed by atoms with Crippen molar-refractivity contribution in [2.45, 2.75) is 13.1 Å². The van der Waals surface area contributed by atoms with Crippen molar-refractivity contribution in [1.82, 2.24) is 5.32 Å². The van der Waals surface area contributed by atoms with E-state index in [0.29, 0.717) is 26.3 Å². The molecule has 3 aromatic rings. The van der Waals surface area contributed by atoms with Gasteiger partial charge in [-0.2, -0.15) is 0 Å². The van der Waals surface area contributed by atoms with Crippen molar-refractivity contribution >= 4 is 22.4 Å². The van der Waals surface area contributed by atoms with E-state index >= 15 is 0 Å². The van der Waals surface area contributed by atoms with Crippen molar-refractivity contribution in [3.8, 4) is 5.75 Å². The average molecular weight is 356 g/mol. The topological polar surface area (TPSA) is 30.5 Å². The van der Waals surface area contributed by atoms with E-state index in [1.807, 2.05) is 30.3 Å². The molecule has 0 heterocycles. The molecule has 0 aliphatic heterocycles. The van der Waals surface area contributed by atoms with Gasteiger partial charge in [-0.1, -0.05) is 60.1 Å². The second-order valence-electron chi connectivity index (χ2n) is 5.80. The molecule has 1 N–H and O–H groups in total. The highest BCUT2D eigenvalue weighted by molar-refractivity contribution is 6.31. The maximum absolute atomic E-state index is 6.24. The zero-order valence-corrected chi connectivity index (χ0v) is 15.1. The molecule has 130 valence electrons. The maximum Gasteiger partial charge on any atom is 0.124 e. The number of hydrogen-bond acceptors (Lipinski definition) is 3. The van der Waals surface area contributed by atoms with Gasteiger partial charge in [0.2, 0.25) is 0 Å². The minimum atomic E-state index is 0.534. The van der Waals surface area contributed by atoms with Crippen LogP contribution in [0.1, 0.15) is 11.1 Å². The van der Waals surface area contributed by atoms with E-state index in [1.165, 1.54) is 10.8 Å². The lowest BCUT2D eigenvalue weighted by Crippen LogP contribution is -2.15. The number of halogens is 1. The SMILES string of the molecule is COCCOc1ccc2ccccc2c1CNCc1ccccc1Cl. The van der Waals surface area contributed by atoms with Crippen LogP contribution in [-0.2, 0) is 17.8 Å². The molecule has 3 nitrogen and oxygen atoms in total. The summed E-state index contributed by atoms with van der Waals surface area (Å²) >= 11 is 6.24. The summed E-state index contributed by atoms with van der Waals surface area (Å²) in [5.74, 6) is 0.891. The third-order valence-electron chi connectivity index (χ3n) is 4.12. The van der Waals surface area contributed by atoms with Crippen LogP contribution in [-0.4, -0.2) is 20.3 Å². The molecule has 0 saturated heterocycles. The molecule has 3 aromatic carbocycles. The van der Waals surface area contributed by atoms with Gasteiger partial charge >= 0.3 is 0 Å². The zero-order chi connectivity index (χ0) is 17.5. The van der Waals surface area contributed by atoms with Crippen LogP contribution < -0.4 is 10.1 Å². The highest BCUT2D eigenvalue weighted by Crippen LogP contribution is 2.28. The molecular weight excluding hydrogens is 334 g/mol.